The quantitative estimate of drug-likeness (QED) is 0.427. The smallest absolute Gasteiger partial charge is 0.335 e. The molecule has 0 aliphatic carbocycles. The predicted octanol–water partition coefficient (Wildman–Crippen LogP) is 2.28. The van der Waals surface area contributed by atoms with Crippen molar-refractivity contribution in [1.82, 2.24) is 14.8 Å². The minimum absolute atomic E-state index is 0.0482. The Morgan fingerprint density at radius 1 is 1.17 bits per heavy atom. The van der Waals surface area contributed by atoms with Gasteiger partial charge in [0.25, 0.3) is 0 Å². The molecule has 0 bridgehead atoms. The van der Waals surface area contributed by atoms with Crippen molar-refractivity contribution in [1.29, 1.82) is 0 Å². The molecule has 0 aliphatic rings. The first kappa shape index (κ1) is 16.1. The average Bonchev–Trinajstić information content (AvgIpc) is 2.96. The molecular weight excluding hydrogens is 330 g/mol. The second-order valence-electron chi connectivity index (χ2n) is 5.05. The van der Waals surface area contributed by atoms with E-state index in [1.165, 1.54) is 18.2 Å². The van der Waals surface area contributed by atoms with Gasteiger partial charge in [0.15, 0.2) is 16.9 Å². The second kappa shape index (κ2) is 6.36. The van der Waals surface area contributed by atoms with Gasteiger partial charge >= 0.3 is 5.97 Å². The number of benzene rings is 2. The van der Waals surface area contributed by atoms with Crippen LogP contribution in [0.3, 0.4) is 0 Å². The Bertz CT molecular complexity index is 947. The maximum absolute atomic E-state index is 11.3. The Morgan fingerprint density at radius 2 is 1.88 bits per heavy atom. The van der Waals surface area contributed by atoms with Crippen molar-refractivity contribution in [3.63, 3.8) is 0 Å². The van der Waals surface area contributed by atoms with Crippen molar-refractivity contribution < 1.29 is 20.1 Å². The van der Waals surface area contributed by atoms with Gasteiger partial charge in [0, 0.05) is 11.1 Å². The molecule has 0 saturated heterocycles. The van der Waals surface area contributed by atoms with Crippen LogP contribution in [0.25, 0.3) is 17.1 Å². The van der Waals surface area contributed by atoms with Crippen LogP contribution >= 0.6 is 12.2 Å². The molecular formula is C16H13N3O4S. The van der Waals surface area contributed by atoms with E-state index >= 15 is 0 Å². The van der Waals surface area contributed by atoms with Gasteiger partial charge in [-0.15, -0.1) is 0 Å². The number of aliphatic hydroxyl groups excluding tert-OH is 1. The van der Waals surface area contributed by atoms with Crippen LogP contribution in [0.4, 0.5) is 0 Å². The largest absolute Gasteiger partial charge is 0.478 e. The first-order valence-electron chi connectivity index (χ1n) is 6.95. The molecule has 1 aromatic heterocycles. The number of hydrogen-bond donors (Lipinski definition) is 4. The first-order valence-corrected chi connectivity index (χ1v) is 7.36. The Kier molecular flexibility index (Phi) is 4.26. The molecule has 24 heavy (non-hydrogen) atoms. The highest BCUT2D eigenvalue weighted by molar-refractivity contribution is 7.71. The molecule has 122 valence electrons. The maximum Gasteiger partial charge on any atom is 0.335 e. The van der Waals surface area contributed by atoms with E-state index < -0.39 is 12.3 Å². The van der Waals surface area contributed by atoms with E-state index in [9.17, 15) is 20.1 Å². The van der Waals surface area contributed by atoms with Gasteiger partial charge in [0.05, 0.1) is 11.3 Å². The lowest BCUT2D eigenvalue weighted by Gasteiger charge is -2.12. The van der Waals surface area contributed by atoms with Crippen LogP contribution in [0.1, 0.15) is 22.2 Å². The second-order valence-corrected chi connectivity index (χ2v) is 5.43. The molecule has 0 amide bonds. The molecule has 0 saturated carbocycles. The number of H-pyrrole nitrogens is 1. The molecule has 0 fully saturated rings. The molecule has 3 aromatic rings. The van der Waals surface area contributed by atoms with E-state index in [0.29, 0.717) is 11.5 Å². The number of carboxylic acids is 1. The molecule has 8 heteroatoms. The minimum Gasteiger partial charge on any atom is -0.478 e. The van der Waals surface area contributed by atoms with E-state index in [-0.39, 0.29) is 15.9 Å². The molecule has 2 aromatic carbocycles. The van der Waals surface area contributed by atoms with Gasteiger partial charge in [-0.2, -0.15) is 5.10 Å². The first-order chi connectivity index (χ1) is 11.5. The highest BCUT2D eigenvalue weighted by Gasteiger charge is 2.16. The number of hydrogen-bond acceptors (Lipinski definition) is 5. The lowest BCUT2D eigenvalue weighted by atomic mass is 10.1. The van der Waals surface area contributed by atoms with Gasteiger partial charge in [-0.25, -0.2) is 4.79 Å². The zero-order chi connectivity index (χ0) is 17.3. The van der Waals surface area contributed by atoms with E-state index in [0.717, 1.165) is 5.56 Å². The van der Waals surface area contributed by atoms with Crippen LogP contribution in [-0.2, 0) is 0 Å². The van der Waals surface area contributed by atoms with E-state index in [4.69, 9.17) is 12.2 Å². The molecule has 0 atom stereocenters. The molecule has 0 unspecified atom stereocenters. The molecule has 0 aliphatic heterocycles. The van der Waals surface area contributed by atoms with E-state index in [1.807, 2.05) is 30.3 Å². The summed E-state index contributed by atoms with van der Waals surface area (Å²) < 4.78 is 1.80. The van der Waals surface area contributed by atoms with E-state index in [1.54, 1.807) is 4.57 Å². The lowest BCUT2D eigenvalue weighted by molar-refractivity contribution is -0.0425. The summed E-state index contributed by atoms with van der Waals surface area (Å²) in [5, 5.41) is 34.9. The molecule has 3 rings (SSSR count). The number of aliphatic hydroxyl groups is 2. The van der Waals surface area contributed by atoms with Crippen molar-refractivity contribution in [3.05, 3.63) is 64.4 Å². The summed E-state index contributed by atoms with van der Waals surface area (Å²) in [6.45, 7) is 0. The molecule has 4 N–H and O–H groups in total. The number of carboxylic acid groups (broad SMARTS) is 1. The predicted molar refractivity (Wildman–Crippen MR) is 88.3 cm³/mol. The van der Waals surface area contributed by atoms with Crippen LogP contribution in [-0.4, -0.2) is 36.1 Å². The fourth-order valence-corrected chi connectivity index (χ4v) is 2.59. The monoisotopic (exact) mass is 343 g/mol. The Balaban J connectivity index is 2.25. The third-order valence-electron chi connectivity index (χ3n) is 3.45. The summed E-state index contributed by atoms with van der Waals surface area (Å²) in [5.74, 6) is -0.698. The maximum atomic E-state index is 11.3. The average molecular weight is 343 g/mol. The van der Waals surface area contributed by atoms with Gasteiger partial charge in [0.1, 0.15) is 0 Å². The Labute approximate surface area is 141 Å². The van der Waals surface area contributed by atoms with Gasteiger partial charge in [-0.05, 0) is 30.4 Å². The van der Waals surface area contributed by atoms with Crippen molar-refractivity contribution in [3.8, 4) is 17.1 Å². The zero-order valence-electron chi connectivity index (χ0n) is 12.2. The van der Waals surface area contributed by atoms with Crippen LogP contribution in [0.15, 0.2) is 48.5 Å². The fourth-order valence-electron chi connectivity index (χ4n) is 2.35. The highest BCUT2D eigenvalue weighted by Crippen LogP contribution is 2.24. The third-order valence-corrected chi connectivity index (χ3v) is 3.72. The van der Waals surface area contributed by atoms with Crippen LogP contribution < -0.4 is 0 Å². The highest BCUT2D eigenvalue weighted by atomic mass is 32.1. The van der Waals surface area contributed by atoms with Gasteiger partial charge in [0.2, 0.25) is 0 Å². The molecule has 7 nitrogen and oxygen atoms in total. The van der Waals surface area contributed by atoms with Gasteiger partial charge in [-0.3, -0.25) is 9.67 Å². The zero-order valence-corrected chi connectivity index (χ0v) is 13.1. The Morgan fingerprint density at radius 3 is 2.50 bits per heavy atom. The third kappa shape index (κ3) is 2.98. The summed E-state index contributed by atoms with van der Waals surface area (Å²) in [6.07, 6.45) is -1.80. The standard InChI is InChI=1S/C16H13N3O4S/c20-14(21)10-6-11(15(22)23)8-12(7-10)19-13(17-18-16(19)24)9-4-2-1-3-5-9/h1-8,14,20-21H,(H,18,24)(H,22,23). The number of nitrogens with one attached hydrogen (secondary N) is 1. The van der Waals surface area contributed by atoms with Crippen molar-refractivity contribution in [2.45, 2.75) is 6.29 Å². The number of nitrogens with zero attached hydrogens (tertiary/aromatic N) is 2. The number of aromatic amines is 1. The lowest BCUT2D eigenvalue weighted by Crippen LogP contribution is -2.06. The normalized spacial score (nSPS) is 11.0. The van der Waals surface area contributed by atoms with Gasteiger partial charge in [-0.1, -0.05) is 30.3 Å². The summed E-state index contributed by atoms with van der Waals surface area (Å²) in [4.78, 5) is 11.3. The topological polar surface area (TPSA) is 111 Å². The Hall–Kier alpha value is -2.81. The van der Waals surface area contributed by atoms with Crippen LogP contribution in [0.5, 0.6) is 0 Å². The fraction of sp³-hybridized carbons (Fsp3) is 0.0625. The van der Waals surface area contributed by atoms with Gasteiger partial charge < -0.3 is 15.3 Å². The number of aromatic nitrogens is 3. The van der Waals surface area contributed by atoms with Crippen molar-refractivity contribution in [2.75, 3.05) is 0 Å². The number of aromatic carboxylic acids is 1. The van der Waals surface area contributed by atoms with E-state index in [2.05, 4.69) is 10.2 Å². The summed E-state index contributed by atoms with van der Waals surface area (Å²) in [6, 6.07) is 13.3. The summed E-state index contributed by atoms with van der Waals surface area (Å²) >= 11 is 5.25. The summed E-state index contributed by atoms with van der Waals surface area (Å²) in [5.41, 5.74) is 1.11. The van der Waals surface area contributed by atoms with Crippen LogP contribution in [0, 0.1) is 4.77 Å². The molecule has 0 spiro atoms. The number of rotatable bonds is 4. The minimum atomic E-state index is -1.80. The van der Waals surface area contributed by atoms with Crippen LogP contribution in [0.2, 0.25) is 0 Å². The summed E-state index contributed by atoms with van der Waals surface area (Å²) in [7, 11) is 0. The molecule has 0 radical (unpaired) electrons. The SMILES string of the molecule is O=C(O)c1cc(C(O)O)cc(-n2c(-c3ccccc3)n[nH]c2=S)c1. The molecule has 1 heterocycles. The van der Waals surface area contributed by atoms with Crippen molar-refractivity contribution in [2.24, 2.45) is 0 Å². The number of carbonyl (C=O) groups is 1. The van der Waals surface area contributed by atoms with Crippen molar-refractivity contribution >= 4 is 18.2 Å².